The van der Waals surface area contributed by atoms with Gasteiger partial charge in [-0.2, -0.15) is 0 Å². The summed E-state index contributed by atoms with van der Waals surface area (Å²) in [5.41, 5.74) is 6.29. The van der Waals surface area contributed by atoms with Crippen molar-refractivity contribution in [1.29, 1.82) is 0 Å². The number of allylic oxidation sites excluding steroid dienone is 3. The topological polar surface area (TPSA) is 67.8 Å². The van der Waals surface area contributed by atoms with E-state index in [1.54, 1.807) is 19.3 Å². The third-order valence-electron chi connectivity index (χ3n) is 2.24. The van der Waals surface area contributed by atoms with Crippen LogP contribution in [0.1, 0.15) is 0 Å². The maximum absolute atomic E-state index is 9.70. The van der Waals surface area contributed by atoms with Crippen LogP contribution < -0.4 is 5.73 Å². The standard InChI is InChI=1S/C11H12N2O2/c1-15-9-3-2-7-4-8(5-9)13-11(12)6-10(7)14/h2-7,14H,1H3,(H2,12,13). The third kappa shape index (κ3) is 1.93. The summed E-state index contributed by atoms with van der Waals surface area (Å²) in [5.74, 6) is 0.986. The molecule has 0 aromatic rings. The Bertz CT molecular complexity index is 428. The van der Waals surface area contributed by atoms with Gasteiger partial charge < -0.3 is 15.6 Å². The van der Waals surface area contributed by atoms with Crippen molar-refractivity contribution in [2.45, 2.75) is 0 Å². The zero-order valence-corrected chi connectivity index (χ0v) is 8.34. The minimum absolute atomic E-state index is 0.186. The molecule has 0 spiro atoms. The summed E-state index contributed by atoms with van der Waals surface area (Å²) in [6.07, 6.45) is 8.70. The largest absolute Gasteiger partial charge is 0.511 e. The molecule has 2 rings (SSSR count). The quantitative estimate of drug-likeness (QED) is 0.678. The molecule has 4 heteroatoms. The molecule has 0 amide bonds. The third-order valence-corrected chi connectivity index (χ3v) is 2.24. The van der Waals surface area contributed by atoms with Gasteiger partial charge in [-0.05, 0) is 12.2 Å². The molecular weight excluding hydrogens is 192 g/mol. The van der Waals surface area contributed by atoms with Gasteiger partial charge in [0.1, 0.15) is 17.4 Å². The molecule has 0 aromatic carbocycles. The molecule has 0 aromatic heterocycles. The number of nitrogens with two attached hydrogens (primary N) is 1. The van der Waals surface area contributed by atoms with Gasteiger partial charge in [-0.25, -0.2) is 4.99 Å². The van der Waals surface area contributed by atoms with Gasteiger partial charge in [0.25, 0.3) is 0 Å². The van der Waals surface area contributed by atoms with Crippen LogP contribution in [0.3, 0.4) is 0 Å². The van der Waals surface area contributed by atoms with Gasteiger partial charge in [0.2, 0.25) is 0 Å². The van der Waals surface area contributed by atoms with Crippen molar-refractivity contribution >= 4 is 5.84 Å². The smallest absolute Gasteiger partial charge is 0.127 e. The zero-order chi connectivity index (χ0) is 10.8. The first kappa shape index (κ1) is 9.58. The number of methoxy groups -OCH3 is 1. The Morgan fingerprint density at radius 3 is 3.00 bits per heavy atom. The molecule has 78 valence electrons. The normalized spacial score (nSPS) is 24.2. The van der Waals surface area contributed by atoms with Crippen LogP contribution in [0.5, 0.6) is 0 Å². The minimum atomic E-state index is -0.186. The number of nitrogens with zero attached hydrogens (tertiary/aromatic N) is 1. The zero-order valence-electron chi connectivity index (χ0n) is 8.34. The first-order valence-electron chi connectivity index (χ1n) is 4.59. The van der Waals surface area contributed by atoms with Gasteiger partial charge in [0.15, 0.2) is 0 Å². The first-order valence-corrected chi connectivity index (χ1v) is 4.59. The van der Waals surface area contributed by atoms with Crippen molar-refractivity contribution in [3.63, 3.8) is 0 Å². The Morgan fingerprint density at radius 2 is 2.27 bits per heavy atom. The molecule has 15 heavy (non-hydrogen) atoms. The van der Waals surface area contributed by atoms with Crippen LogP contribution in [-0.4, -0.2) is 18.1 Å². The molecule has 0 saturated carbocycles. The number of aliphatic hydroxyl groups excluding tert-OH is 1. The highest BCUT2D eigenvalue weighted by atomic mass is 16.5. The fraction of sp³-hybridized carbons (Fsp3) is 0.182. The van der Waals surface area contributed by atoms with Crippen LogP contribution in [-0.2, 0) is 4.74 Å². The van der Waals surface area contributed by atoms with Crippen molar-refractivity contribution < 1.29 is 9.84 Å². The predicted molar refractivity (Wildman–Crippen MR) is 58.1 cm³/mol. The maximum atomic E-state index is 9.70. The molecule has 0 fully saturated rings. The van der Waals surface area contributed by atoms with Crippen LogP contribution in [0.2, 0.25) is 0 Å². The molecule has 4 nitrogen and oxygen atoms in total. The molecule has 1 atom stereocenters. The van der Waals surface area contributed by atoms with E-state index in [0.29, 0.717) is 17.3 Å². The van der Waals surface area contributed by atoms with Gasteiger partial charge in [-0.1, -0.05) is 6.08 Å². The van der Waals surface area contributed by atoms with E-state index >= 15 is 0 Å². The molecule has 0 radical (unpaired) electrons. The van der Waals surface area contributed by atoms with Crippen LogP contribution >= 0.6 is 0 Å². The fourth-order valence-corrected chi connectivity index (χ4v) is 1.49. The van der Waals surface area contributed by atoms with E-state index in [1.165, 1.54) is 6.08 Å². The Hall–Kier alpha value is -1.97. The Kier molecular flexibility index (Phi) is 2.33. The van der Waals surface area contributed by atoms with Crippen LogP contribution in [0.15, 0.2) is 52.6 Å². The van der Waals surface area contributed by atoms with Crippen molar-refractivity contribution in [1.82, 2.24) is 0 Å². The molecular formula is C11H12N2O2. The number of hydrogen-bond donors (Lipinski definition) is 2. The lowest BCUT2D eigenvalue weighted by Crippen LogP contribution is -2.09. The summed E-state index contributed by atoms with van der Waals surface area (Å²) in [4.78, 5) is 4.13. The Labute approximate surface area is 87.8 Å². The summed E-state index contributed by atoms with van der Waals surface area (Å²) < 4.78 is 5.11. The summed E-state index contributed by atoms with van der Waals surface area (Å²) in [6.45, 7) is 0. The highest BCUT2D eigenvalue weighted by molar-refractivity contribution is 5.93. The molecule has 3 N–H and O–H groups in total. The highest BCUT2D eigenvalue weighted by Gasteiger charge is 2.15. The molecule has 1 aliphatic heterocycles. The summed E-state index contributed by atoms with van der Waals surface area (Å²) in [5, 5.41) is 9.70. The second-order valence-corrected chi connectivity index (χ2v) is 3.33. The van der Waals surface area contributed by atoms with Crippen LogP contribution in [0.25, 0.3) is 0 Å². The van der Waals surface area contributed by atoms with Crippen molar-refractivity contribution in [2.24, 2.45) is 16.6 Å². The molecule has 2 aliphatic rings. The number of fused-ring (bicyclic) bond motifs is 1. The number of hydrogen-bond acceptors (Lipinski definition) is 4. The Morgan fingerprint density at radius 1 is 1.47 bits per heavy atom. The van der Waals surface area contributed by atoms with Crippen LogP contribution in [0, 0.1) is 5.92 Å². The summed E-state index contributed by atoms with van der Waals surface area (Å²) >= 11 is 0. The van der Waals surface area contributed by atoms with Gasteiger partial charge in [0.05, 0.1) is 18.7 Å². The maximum Gasteiger partial charge on any atom is 0.127 e. The molecule has 1 aliphatic carbocycles. The van der Waals surface area contributed by atoms with Crippen LogP contribution in [0.4, 0.5) is 0 Å². The lowest BCUT2D eigenvalue weighted by atomic mass is 10.1. The van der Waals surface area contributed by atoms with Gasteiger partial charge in [-0.3, -0.25) is 0 Å². The molecule has 2 bridgehead atoms. The van der Waals surface area contributed by atoms with Crippen molar-refractivity contribution in [3.05, 3.63) is 47.6 Å². The first-order chi connectivity index (χ1) is 7.19. The van der Waals surface area contributed by atoms with Gasteiger partial charge >= 0.3 is 0 Å². The van der Waals surface area contributed by atoms with E-state index in [-0.39, 0.29) is 11.7 Å². The Balaban J connectivity index is 2.46. The molecule has 0 saturated heterocycles. The summed E-state index contributed by atoms with van der Waals surface area (Å²) in [6, 6.07) is 0. The van der Waals surface area contributed by atoms with E-state index < -0.39 is 0 Å². The SMILES string of the molecule is COC1=CC2=CC(C=C1)C(O)=CC(N)=N2. The van der Waals surface area contributed by atoms with E-state index in [4.69, 9.17) is 10.5 Å². The van der Waals surface area contributed by atoms with E-state index in [1.807, 2.05) is 12.2 Å². The highest BCUT2D eigenvalue weighted by Crippen LogP contribution is 2.23. The number of amidine groups is 1. The predicted octanol–water partition coefficient (Wildman–Crippen LogP) is 1.40. The lowest BCUT2D eigenvalue weighted by Gasteiger charge is -2.04. The van der Waals surface area contributed by atoms with Crippen molar-refractivity contribution in [3.8, 4) is 0 Å². The molecule has 1 heterocycles. The van der Waals surface area contributed by atoms with Crippen molar-refractivity contribution in [2.75, 3.05) is 7.11 Å². The average Bonchev–Trinajstić information content (AvgIpc) is 2.46. The molecule has 1 unspecified atom stereocenters. The second kappa shape index (κ2) is 3.65. The summed E-state index contributed by atoms with van der Waals surface area (Å²) in [7, 11) is 1.59. The minimum Gasteiger partial charge on any atom is -0.511 e. The fourth-order valence-electron chi connectivity index (χ4n) is 1.49. The van der Waals surface area contributed by atoms with E-state index in [2.05, 4.69) is 4.99 Å². The van der Waals surface area contributed by atoms with E-state index in [9.17, 15) is 5.11 Å². The number of aliphatic imine (C=N–C) groups is 1. The number of aliphatic hydroxyl groups is 1. The monoisotopic (exact) mass is 204 g/mol. The van der Waals surface area contributed by atoms with Gasteiger partial charge in [-0.15, -0.1) is 0 Å². The average molecular weight is 204 g/mol. The number of ether oxygens (including phenoxy) is 1. The second-order valence-electron chi connectivity index (χ2n) is 3.33. The van der Waals surface area contributed by atoms with E-state index in [0.717, 1.165) is 0 Å². The lowest BCUT2D eigenvalue weighted by molar-refractivity contribution is 0.306. The van der Waals surface area contributed by atoms with Gasteiger partial charge in [0, 0.05) is 12.2 Å². The number of rotatable bonds is 1.